The maximum Gasteiger partial charge on any atom is 0.122 e. The molecule has 17 heavy (non-hydrogen) atoms. The monoisotopic (exact) mass is 236 g/mol. The predicted octanol–water partition coefficient (Wildman–Crippen LogP) is 1.38. The van der Waals surface area contributed by atoms with E-state index >= 15 is 0 Å². The summed E-state index contributed by atoms with van der Waals surface area (Å²) in [7, 11) is 2.07. The van der Waals surface area contributed by atoms with Gasteiger partial charge in [-0.1, -0.05) is 13.3 Å². The molecule has 1 N–H and O–H groups in total. The highest BCUT2D eigenvalue weighted by Crippen LogP contribution is 2.09. The topological polar surface area (TPSA) is 33.1 Å². The zero-order valence-corrected chi connectivity index (χ0v) is 11.0. The zero-order chi connectivity index (χ0) is 12.1. The van der Waals surface area contributed by atoms with E-state index in [0.29, 0.717) is 6.04 Å². The van der Waals surface area contributed by atoms with Crippen LogP contribution in [0.5, 0.6) is 0 Å². The predicted molar refractivity (Wildman–Crippen MR) is 69.8 cm³/mol. The Morgan fingerprint density at radius 3 is 3.12 bits per heavy atom. The van der Waals surface area contributed by atoms with Gasteiger partial charge in [0.25, 0.3) is 0 Å². The van der Waals surface area contributed by atoms with Gasteiger partial charge >= 0.3 is 0 Å². The summed E-state index contributed by atoms with van der Waals surface area (Å²) >= 11 is 0. The molecule has 96 valence electrons. The maximum atomic E-state index is 4.41. The SMILES string of the molecule is CCCC1CN(Cc2nccn2C)CCCN1. The van der Waals surface area contributed by atoms with Crippen molar-refractivity contribution >= 4 is 0 Å². The molecule has 1 saturated heterocycles. The summed E-state index contributed by atoms with van der Waals surface area (Å²) in [4.78, 5) is 6.94. The van der Waals surface area contributed by atoms with Crippen molar-refractivity contribution in [3.8, 4) is 0 Å². The normalized spacial score (nSPS) is 22.6. The molecule has 0 aromatic carbocycles. The van der Waals surface area contributed by atoms with Crippen molar-refractivity contribution in [3.63, 3.8) is 0 Å². The highest BCUT2D eigenvalue weighted by Gasteiger charge is 2.17. The van der Waals surface area contributed by atoms with Crippen LogP contribution in [0.4, 0.5) is 0 Å². The van der Waals surface area contributed by atoms with E-state index in [9.17, 15) is 0 Å². The summed E-state index contributed by atoms with van der Waals surface area (Å²) in [6, 6.07) is 0.655. The van der Waals surface area contributed by atoms with Crippen molar-refractivity contribution < 1.29 is 0 Å². The third kappa shape index (κ3) is 3.54. The molecule has 1 aromatic rings. The van der Waals surface area contributed by atoms with Gasteiger partial charge in [0.1, 0.15) is 5.82 Å². The van der Waals surface area contributed by atoms with E-state index < -0.39 is 0 Å². The molecule has 0 amide bonds. The number of rotatable bonds is 4. The number of hydrogen-bond acceptors (Lipinski definition) is 3. The Morgan fingerprint density at radius 1 is 1.53 bits per heavy atom. The second-order valence-corrected chi connectivity index (χ2v) is 4.98. The molecule has 1 aliphatic rings. The Hall–Kier alpha value is -0.870. The van der Waals surface area contributed by atoms with Crippen LogP contribution in [0.1, 0.15) is 32.0 Å². The van der Waals surface area contributed by atoms with Crippen molar-refractivity contribution in [1.29, 1.82) is 0 Å². The van der Waals surface area contributed by atoms with Crippen LogP contribution in [-0.2, 0) is 13.6 Å². The summed E-state index contributed by atoms with van der Waals surface area (Å²) in [5, 5.41) is 3.64. The van der Waals surface area contributed by atoms with Crippen LogP contribution < -0.4 is 5.32 Å². The molecule has 1 aromatic heterocycles. The molecule has 4 nitrogen and oxygen atoms in total. The van der Waals surface area contributed by atoms with Crippen molar-refractivity contribution in [2.75, 3.05) is 19.6 Å². The van der Waals surface area contributed by atoms with Crippen LogP contribution in [0.3, 0.4) is 0 Å². The lowest BCUT2D eigenvalue weighted by Gasteiger charge is -2.23. The second kappa shape index (κ2) is 6.17. The molecular weight excluding hydrogens is 212 g/mol. The third-order valence-electron chi connectivity index (χ3n) is 3.49. The second-order valence-electron chi connectivity index (χ2n) is 4.98. The van der Waals surface area contributed by atoms with Crippen LogP contribution in [0, 0.1) is 0 Å². The van der Waals surface area contributed by atoms with E-state index in [4.69, 9.17) is 0 Å². The zero-order valence-electron chi connectivity index (χ0n) is 11.0. The van der Waals surface area contributed by atoms with Gasteiger partial charge in [-0.3, -0.25) is 4.90 Å². The number of nitrogens with one attached hydrogen (secondary N) is 1. The van der Waals surface area contributed by atoms with E-state index in [0.717, 1.165) is 19.6 Å². The molecule has 2 rings (SSSR count). The van der Waals surface area contributed by atoms with E-state index in [1.54, 1.807) is 0 Å². The summed E-state index contributed by atoms with van der Waals surface area (Å²) in [5.41, 5.74) is 0. The molecule has 1 unspecified atom stereocenters. The van der Waals surface area contributed by atoms with Gasteiger partial charge in [0.05, 0.1) is 6.54 Å². The van der Waals surface area contributed by atoms with Gasteiger partial charge in [0, 0.05) is 32.0 Å². The fraction of sp³-hybridized carbons (Fsp3) is 0.769. The minimum absolute atomic E-state index is 0.655. The number of aromatic nitrogens is 2. The highest BCUT2D eigenvalue weighted by molar-refractivity contribution is 4.92. The summed E-state index contributed by atoms with van der Waals surface area (Å²) < 4.78 is 2.12. The minimum atomic E-state index is 0.655. The molecule has 0 radical (unpaired) electrons. The average Bonchev–Trinajstić information content (AvgIpc) is 2.59. The summed E-state index contributed by atoms with van der Waals surface area (Å²) in [6.07, 6.45) is 7.68. The Labute approximate surface area is 104 Å². The van der Waals surface area contributed by atoms with Crippen molar-refractivity contribution in [2.45, 2.75) is 38.8 Å². The largest absolute Gasteiger partial charge is 0.337 e. The van der Waals surface area contributed by atoms with E-state index in [1.165, 1.54) is 31.6 Å². The van der Waals surface area contributed by atoms with Gasteiger partial charge in [-0.2, -0.15) is 0 Å². The summed E-state index contributed by atoms with van der Waals surface area (Å²) in [5.74, 6) is 1.17. The molecule has 0 bridgehead atoms. The first-order valence-corrected chi connectivity index (χ1v) is 6.71. The van der Waals surface area contributed by atoms with Crippen LogP contribution >= 0.6 is 0 Å². The lowest BCUT2D eigenvalue weighted by atomic mass is 10.1. The first kappa shape index (κ1) is 12.6. The molecule has 1 aliphatic heterocycles. The molecule has 2 heterocycles. The van der Waals surface area contributed by atoms with E-state index in [-0.39, 0.29) is 0 Å². The van der Waals surface area contributed by atoms with Crippen LogP contribution in [-0.4, -0.2) is 40.1 Å². The van der Waals surface area contributed by atoms with Gasteiger partial charge in [-0.25, -0.2) is 4.98 Å². The van der Waals surface area contributed by atoms with Crippen molar-refractivity contribution in [3.05, 3.63) is 18.2 Å². The number of imidazole rings is 1. The number of hydrogen-bond donors (Lipinski definition) is 1. The molecule has 0 saturated carbocycles. The molecule has 0 aliphatic carbocycles. The average molecular weight is 236 g/mol. The standard InChI is InChI=1S/C13H24N4/c1-3-5-12-10-17(8-4-6-14-12)11-13-15-7-9-16(13)2/h7,9,12,14H,3-6,8,10-11H2,1-2H3. The van der Waals surface area contributed by atoms with Gasteiger partial charge in [0.2, 0.25) is 0 Å². The maximum absolute atomic E-state index is 4.41. The molecule has 1 fully saturated rings. The highest BCUT2D eigenvalue weighted by atomic mass is 15.2. The quantitative estimate of drug-likeness (QED) is 0.857. The first-order valence-electron chi connectivity index (χ1n) is 6.71. The van der Waals surface area contributed by atoms with Crippen LogP contribution in [0.15, 0.2) is 12.4 Å². The fourth-order valence-corrected chi connectivity index (χ4v) is 2.51. The van der Waals surface area contributed by atoms with Crippen molar-refractivity contribution in [2.24, 2.45) is 7.05 Å². The Kier molecular flexibility index (Phi) is 4.57. The molecular formula is C13H24N4. The van der Waals surface area contributed by atoms with Gasteiger partial charge in [-0.05, 0) is 25.9 Å². The molecule has 0 spiro atoms. The van der Waals surface area contributed by atoms with Gasteiger partial charge in [-0.15, -0.1) is 0 Å². The van der Waals surface area contributed by atoms with Crippen LogP contribution in [0.25, 0.3) is 0 Å². The van der Waals surface area contributed by atoms with Gasteiger partial charge < -0.3 is 9.88 Å². The molecule has 4 heteroatoms. The van der Waals surface area contributed by atoms with Gasteiger partial charge in [0.15, 0.2) is 0 Å². The lowest BCUT2D eigenvalue weighted by molar-refractivity contribution is 0.247. The first-order chi connectivity index (χ1) is 8.29. The Balaban J connectivity index is 1.92. The number of aryl methyl sites for hydroxylation is 1. The fourth-order valence-electron chi connectivity index (χ4n) is 2.51. The third-order valence-corrected chi connectivity index (χ3v) is 3.49. The van der Waals surface area contributed by atoms with Crippen molar-refractivity contribution in [1.82, 2.24) is 19.8 Å². The number of nitrogens with zero attached hydrogens (tertiary/aromatic N) is 3. The van der Waals surface area contributed by atoms with Crippen LogP contribution in [0.2, 0.25) is 0 Å². The molecule has 1 atom stereocenters. The van der Waals surface area contributed by atoms with E-state index in [1.807, 2.05) is 12.4 Å². The smallest absolute Gasteiger partial charge is 0.122 e. The Bertz CT molecular complexity index is 334. The summed E-state index contributed by atoms with van der Waals surface area (Å²) in [6.45, 7) is 6.73. The lowest BCUT2D eigenvalue weighted by Crippen LogP contribution is -2.37. The van der Waals surface area contributed by atoms with E-state index in [2.05, 4.69) is 33.7 Å². The Morgan fingerprint density at radius 2 is 2.41 bits per heavy atom. The minimum Gasteiger partial charge on any atom is -0.337 e.